The van der Waals surface area contributed by atoms with Crippen LogP contribution in [0.2, 0.25) is 0 Å². The Morgan fingerprint density at radius 2 is 1.84 bits per heavy atom. The second kappa shape index (κ2) is 7.13. The van der Waals surface area contributed by atoms with Gasteiger partial charge in [0.15, 0.2) is 0 Å². The molecule has 2 aliphatic rings. The summed E-state index contributed by atoms with van der Waals surface area (Å²) in [5.74, 6) is 1.32. The van der Waals surface area contributed by atoms with Gasteiger partial charge in [0.2, 0.25) is 0 Å². The monoisotopic (exact) mass is 267 g/mol. The molecular formula is C15H29N3O. The van der Waals surface area contributed by atoms with Gasteiger partial charge in [-0.2, -0.15) is 0 Å². The van der Waals surface area contributed by atoms with Crippen molar-refractivity contribution < 1.29 is 4.79 Å². The Balaban J connectivity index is 1.62. The lowest BCUT2D eigenvalue weighted by atomic mass is 10.00. The molecule has 2 saturated heterocycles. The van der Waals surface area contributed by atoms with Crippen LogP contribution in [-0.4, -0.2) is 55.1 Å². The van der Waals surface area contributed by atoms with Crippen LogP contribution in [0.1, 0.15) is 39.5 Å². The fourth-order valence-corrected chi connectivity index (χ4v) is 3.06. The van der Waals surface area contributed by atoms with Gasteiger partial charge in [-0.25, -0.2) is 4.79 Å². The Morgan fingerprint density at radius 1 is 1.21 bits per heavy atom. The van der Waals surface area contributed by atoms with Crippen LogP contribution in [0.15, 0.2) is 0 Å². The van der Waals surface area contributed by atoms with Gasteiger partial charge < -0.3 is 15.1 Å². The van der Waals surface area contributed by atoms with Crippen LogP contribution in [0.25, 0.3) is 0 Å². The fraction of sp³-hybridized carbons (Fsp3) is 0.933. The molecule has 0 aromatic carbocycles. The number of hydrogen-bond donors (Lipinski definition) is 1. The first-order valence-electron chi connectivity index (χ1n) is 7.90. The topological polar surface area (TPSA) is 35.6 Å². The molecule has 19 heavy (non-hydrogen) atoms. The van der Waals surface area contributed by atoms with Gasteiger partial charge in [-0.05, 0) is 50.6 Å². The van der Waals surface area contributed by atoms with Crippen molar-refractivity contribution in [3.63, 3.8) is 0 Å². The molecule has 2 heterocycles. The molecule has 0 aromatic heterocycles. The summed E-state index contributed by atoms with van der Waals surface area (Å²) in [5.41, 5.74) is 0. The van der Waals surface area contributed by atoms with Crippen molar-refractivity contribution in [2.24, 2.45) is 11.8 Å². The van der Waals surface area contributed by atoms with Crippen molar-refractivity contribution in [3.8, 4) is 0 Å². The molecule has 0 aromatic rings. The Labute approximate surface area is 117 Å². The second-order valence-corrected chi connectivity index (χ2v) is 6.47. The number of nitrogens with zero attached hydrogens (tertiary/aromatic N) is 2. The van der Waals surface area contributed by atoms with Crippen molar-refractivity contribution in [1.29, 1.82) is 0 Å². The number of carbonyl (C=O) groups is 1. The van der Waals surface area contributed by atoms with Crippen LogP contribution in [0.3, 0.4) is 0 Å². The molecule has 1 N–H and O–H groups in total. The largest absolute Gasteiger partial charge is 0.338 e. The summed E-state index contributed by atoms with van der Waals surface area (Å²) in [6.07, 6.45) is 4.98. The highest BCUT2D eigenvalue weighted by molar-refractivity contribution is 5.74. The molecule has 2 fully saturated rings. The maximum Gasteiger partial charge on any atom is 0.317 e. The molecule has 0 aliphatic carbocycles. The molecule has 4 heteroatoms. The van der Waals surface area contributed by atoms with Gasteiger partial charge in [-0.15, -0.1) is 0 Å². The molecule has 1 atom stereocenters. The van der Waals surface area contributed by atoms with Crippen molar-refractivity contribution in [2.45, 2.75) is 39.5 Å². The van der Waals surface area contributed by atoms with E-state index in [9.17, 15) is 4.79 Å². The van der Waals surface area contributed by atoms with Crippen LogP contribution in [0.5, 0.6) is 0 Å². The first-order chi connectivity index (χ1) is 9.15. The average Bonchev–Trinajstić information content (AvgIpc) is 2.89. The van der Waals surface area contributed by atoms with E-state index in [4.69, 9.17) is 0 Å². The van der Waals surface area contributed by atoms with Crippen LogP contribution in [0, 0.1) is 11.8 Å². The summed E-state index contributed by atoms with van der Waals surface area (Å²) in [6, 6.07) is 0.139. The molecule has 2 aliphatic heterocycles. The summed E-state index contributed by atoms with van der Waals surface area (Å²) in [7, 11) is 0. The van der Waals surface area contributed by atoms with E-state index in [0.29, 0.717) is 5.92 Å². The Hall–Kier alpha value is -0.770. The van der Waals surface area contributed by atoms with E-state index in [1.54, 1.807) is 0 Å². The zero-order valence-corrected chi connectivity index (χ0v) is 12.5. The minimum atomic E-state index is 0.139. The van der Waals surface area contributed by atoms with Gasteiger partial charge in [0.25, 0.3) is 0 Å². The summed E-state index contributed by atoms with van der Waals surface area (Å²) < 4.78 is 0. The number of piperidine rings is 1. The van der Waals surface area contributed by atoms with Crippen LogP contribution in [-0.2, 0) is 0 Å². The molecule has 4 nitrogen and oxygen atoms in total. The highest BCUT2D eigenvalue weighted by Gasteiger charge is 2.21. The number of likely N-dealkylation sites (tertiary alicyclic amines) is 2. The average molecular weight is 267 g/mol. The molecule has 1 unspecified atom stereocenters. The standard InChI is InChI=1S/C15H29N3O/c1-13-5-9-18(10-6-13)15(19)16-11-14(2)12-17-7-3-4-8-17/h13-14H,3-12H2,1-2H3,(H,16,19). The van der Waals surface area contributed by atoms with E-state index in [0.717, 1.165) is 44.9 Å². The smallest absolute Gasteiger partial charge is 0.317 e. The molecule has 2 amide bonds. The predicted octanol–water partition coefficient (Wildman–Crippen LogP) is 2.16. The second-order valence-electron chi connectivity index (χ2n) is 6.47. The predicted molar refractivity (Wildman–Crippen MR) is 78.2 cm³/mol. The first kappa shape index (κ1) is 14.6. The maximum atomic E-state index is 12.0. The van der Waals surface area contributed by atoms with Crippen molar-refractivity contribution >= 4 is 6.03 Å². The fourth-order valence-electron chi connectivity index (χ4n) is 3.06. The van der Waals surface area contributed by atoms with Gasteiger partial charge in [0.05, 0.1) is 0 Å². The summed E-state index contributed by atoms with van der Waals surface area (Å²) in [5, 5.41) is 3.10. The molecule has 110 valence electrons. The summed E-state index contributed by atoms with van der Waals surface area (Å²) in [6.45, 7) is 10.8. The third kappa shape index (κ3) is 4.68. The zero-order valence-electron chi connectivity index (χ0n) is 12.5. The van der Waals surface area contributed by atoms with Crippen molar-refractivity contribution in [2.75, 3.05) is 39.3 Å². The van der Waals surface area contributed by atoms with E-state index in [1.807, 2.05) is 4.90 Å². The third-order valence-electron chi connectivity index (χ3n) is 4.44. The molecule has 0 saturated carbocycles. The van der Waals surface area contributed by atoms with Gasteiger partial charge in [0.1, 0.15) is 0 Å². The van der Waals surface area contributed by atoms with Crippen molar-refractivity contribution in [3.05, 3.63) is 0 Å². The molecule has 0 spiro atoms. The number of hydrogen-bond acceptors (Lipinski definition) is 2. The van der Waals surface area contributed by atoms with E-state index in [1.165, 1.54) is 25.9 Å². The molecular weight excluding hydrogens is 238 g/mol. The van der Waals surface area contributed by atoms with Crippen molar-refractivity contribution in [1.82, 2.24) is 15.1 Å². The van der Waals surface area contributed by atoms with Gasteiger partial charge >= 0.3 is 6.03 Å². The number of carbonyl (C=O) groups excluding carboxylic acids is 1. The van der Waals surface area contributed by atoms with E-state index in [-0.39, 0.29) is 6.03 Å². The lowest BCUT2D eigenvalue weighted by Gasteiger charge is -2.31. The Kier molecular flexibility index (Phi) is 5.49. The number of rotatable bonds is 4. The zero-order chi connectivity index (χ0) is 13.7. The highest BCUT2D eigenvalue weighted by Crippen LogP contribution is 2.16. The summed E-state index contributed by atoms with van der Waals surface area (Å²) >= 11 is 0. The maximum absolute atomic E-state index is 12.0. The quantitative estimate of drug-likeness (QED) is 0.847. The summed E-state index contributed by atoms with van der Waals surface area (Å²) in [4.78, 5) is 16.5. The molecule has 2 rings (SSSR count). The minimum Gasteiger partial charge on any atom is -0.338 e. The molecule has 0 bridgehead atoms. The lowest BCUT2D eigenvalue weighted by Crippen LogP contribution is -2.46. The van der Waals surface area contributed by atoms with E-state index < -0.39 is 0 Å². The minimum absolute atomic E-state index is 0.139. The molecule has 0 radical (unpaired) electrons. The van der Waals surface area contributed by atoms with Gasteiger partial charge in [-0.1, -0.05) is 13.8 Å². The SMILES string of the molecule is CC1CCN(C(=O)NCC(C)CN2CCCC2)CC1. The number of urea groups is 1. The Morgan fingerprint density at radius 3 is 2.47 bits per heavy atom. The van der Waals surface area contributed by atoms with E-state index >= 15 is 0 Å². The lowest BCUT2D eigenvalue weighted by molar-refractivity contribution is 0.171. The number of nitrogens with one attached hydrogen (secondary N) is 1. The number of amides is 2. The van der Waals surface area contributed by atoms with E-state index in [2.05, 4.69) is 24.1 Å². The third-order valence-corrected chi connectivity index (χ3v) is 4.44. The van der Waals surface area contributed by atoms with Gasteiger partial charge in [-0.3, -0.25) is 0 Å². The Bertz CT molecular complexity index is 281. The van der Waals surface area contributed by atoms with Crippen LogP contribution in [0.4, 0.5) is 4.79 Å². The highest BCUT2D eigenvalue weighted by atomic mass is 16.2. The first-order valence-corrected chi connectivity index (χ1v) is 7.90. The van der Waals surface area contributed by atoms with Gasteiger partial charge in [0, 0.05) is 26.2 Å². The van der Waals surface area contributed by atoms with Crippen LogP contribution >= 0.6 is 0 Å². The van der Waals surface area contributed by atoms with Crippen LogP contribution < -0.4 is 5.32 Å². The normalized spacial score (nSPS) is 23.6.